The Kier molecular flexibility index (Phi) is 3.07. The van der Waals surface area contributed by atoms with Crippen molar-refractivity contribution < 1.29 is 9.53 Å². The van der Waals surface area contributed by atoms with Gasteiger partial charge in [0.15, 0.2) is 6.23 Å². The van der Waals surface area contributed by atoms with Crippen LogP contribution in [0, 0.1) is 0 Å². The molecule has 15 heavy (non-hydrogen) atoms. The third kappa shape index (κ3) is 1.68. The lowest BCUT2D eigenvalue weighted by atomic mass is 10.1. The van der Waals surface area contributed by atoms with Crippen LogP contribution in [0.3, 0.4) is 0 Å². The molecule has 1 aromatic rings. The third-order valence-corrected chi connectivity index (χ3v) is 2.90. The van der Waals surface area contributed by atoms with Crippen molar-refractivity contribution >= 4 is 21.8 Å². The van der Waals surface area contributed by atoms with E-state index >= 15 is 0 Å². The van der Waals surface area contributed by atoms with Crippen LogP contribution in [-0.4, -0.2) is 29.8 Å². The maximum Gasteiger partial charge on any atom is 0.256 e. The number of nitrogens with zero attached hydrogens (tertiary/aromatic N) is 1. The normalized spacial score (nSPS) is 19.5. The molecule has 0 N–H and O–H groups in total. The molecule has 0 bridgehead atoms. The van der Waals surface area contributed by atoms with Crippen molar-refractivity contribution in [3.63, 3.8) is 0 Å². The molecule has 2 rings (SSSR count). The minimum Gasteiger partial charge on any atom is -0.357 e. The predicted molar refractivity (Wildman–Crippen MR) is 61.0 cm³/mol. The van der Waals surface area contributed by atoms with Gasteiger partial charge in [-0.25, -0.2) is 0 Å². The predicted octanol–water partition coefficient (Wildman–Crippen LogP) is 2.18. The van der Waals surface area contributed by atoms with Gasteiger partial charge in [-0.15, -0.1) is 0 Å². The van der Waals surface area contributed by atoms with Crippen molar-refractivity contribution in [3.05, 3.63) is 35.4 Å². The fourth-order valence-electron chi connectivity index (χ4n) is 1.90. The Morgan fingerprint density at radius 1 is 1.47 bits per heavy atom. The van der Waals surface area contributed by atoms with Gasteiger partial charge in [-0.2, -0.15) is 0 Å². The van der Waals surface area contributed by atoms with E-state index in [4.69, 9.17) is 4.74 Å². The number of benzene rings is 1. The van der Waals surface area contributed by atoms with Gasteiger partial charge in [-0.05, 0) is 6.07 Å². The summed E-state index contributed by atoms with van der Waals surface area (Å²) in [6.07, 6.45) is -0.230. The molecule has 4 heteroatoms. The summed E-state index contributed by atoms with van der Waals surface area (Å²) in [5.74, 6) is 0.0527. The van der Waals surface area contributed by atoms with E-state index in [1.807, 2.05) is 24.3 Å². The lowest BCUT2D eigenvalue weighted by Gasteiger charge is -2.22. The average Bonchev–Trinajstić information content (AvgIpc) is 2.54. The minimum atomic E-state index is -0.230. The molecule has 0 saturated carbocycles. The van der Waals surface area contributed by atoms with Crippen molar-refractivity contribution in [1.82, 2.24) is 4.90 Å². The first kappa shape index (κ1) is 10.6. The maximum atomic E-state index is 12.0. The molecular formula is C11H12BrNO2. The van der Waals surface area contributed by atoms with Gasteiger partial charge in [0.25, 0.3) is 5.91 Å². The van der Waals surface area contributed by atoms with Crippen LogP contribution in [0.15, 0.2) is 24.3 Å². The Morgan fingerprint density at radius 3 is 2.87 bits per heavy atom. The van der Waals surface area contributed by atoms with E-state index in [9.17, 15) is 4.79 Å². The number of fused-ring (bicyclic) bond motifs is 1. The molecule has 3 nitrogen and oxygen atoms in total. The zero-order valence-corrected chi connectivity index (χ0v) is 10.0. The van der Waals surface area contributed by atoms with Gasteiger partial charge in [-0.1, -0.05) is 34.1 Å². The third-order valence-electron chi connectivity index (χ3n) is 2.55. The van der Waals surface area contributed by atoms with E-state index in [0.29, 0.717) is 6.54 Å². The highest BCUT2D eigenvalue weighted by Gasteiger charge is 2.35. The monoisotopic (exact) mass is 269 g/mol. The van der Waals surface area contributed by atoms with Crippen LogP contribution in [0.25, 0.3) is 0 Å². The average molecular weight is 270 g/mol. The van der Waals surface area contributed by atoms with Crippen molar-refractivity contribution in [2.24, 2.45) is 0 Å². The first-order chi connectivity index (χ1) is 7.29. The maximum absolute atomic E-state index is 12.0. The molecule has 80 valence electrons. The zero-order chi connectivity index (χ0) is 10.8. The number of carbonyl (C=O) groups is 1. The molecule has 0 radical (unpaired) electrons. The highest BCUT2D eigenvalue weighted by Crippen LogP contribution is 2.33. The quantitative estimate of drug-likeness (QED) is 0.788. The lowest BCUT2D eigenvalue weighted by molar-refractivity contribution is -0.00948. The van der Waals surface area contributed by atoms with E-state index in [-0.39, 0.29) is 12.1 Å². The summed E-state index contributed by atoms with van der Waals surface area (Å²) in [4.78, 5) is 13.7. The molecule has 1 amide bonds. The smallest absolute Gasteiger partial charge is 0.256 e. The minimum absolute atomic E-state index is 0.0527. The number of amides is 1. The van der Waals surface area contributed by atoms with Gasteiger partial charge >= 0.3 is 0 Å². The molecule has 0 aromatic heterocycles. The molecule has 1 atom stereocenters. The number of alkyl halides is 1. The second kappa shape index (κ2) is 4.33. The van der Waals surface area contributed by atoms with Crippen LogP contribution in [0.1, 0.15) is 22.1 Å². The second-order valence-electron chi connectivity index (χ2n) is 3.36. The van der Waals surface area contributed by atoms with Crippen molar-refractivity contribution in [1.29, 1.82) is 0 Å². The molecule has 0 fully saturated rings. The number of hydrogen-bond donors (Lipinski definition) is 0. The summed E-state index contributed by atoms with van der Waals surface area (Å²) >= 11 is 3.34. The molecule has 1 aliphatic rings. The van der Waals surface area contributed by atoms with E-state index in [2.05, 4.69) is 15.9 Å². The molecule has 0 spiro atoms. The summed E-state index contributed by atoms with van der Waals surface area (Å²) in [5.41, 5.74) is 1.72. The summed E-state index contributed by atoms with van der Waals surface area (Å²) in [7, 11) is 1.63. The van der Waals surface area contributed by atoms with E-state index in [1.54, 1.807) is 12.0 Å². The molecule has 1 aliphatic heterocycles. The van der Waals surface area contributed by atoms with Gasteiger partial charge in [0.05, 0.1) is 0 Å². The van der Waals surface area contributed by atoms with Gasteiger partial charge < -0.3 is 9.64 Å². The zero-order valence-electron chi connectivity index (χ0n) is 8.44. The van der Waals surface area contributed by atoms with Gasteiger partial charge in [-0.3, -0.25) is 4.79 Å². The topological polar surface area (TPSA) is 29.5 Å². The van der Waals surface area contributed by atoms with Crippen LogP contribution >= 0.6 is 15.9 Å². The van der Waals surface area contributed by atoms with Gasteiger partial charge in [0.1, 0.15) is 0 Å². The number of carbonyl (C=O) groups excluding carboxylic acids is 1. The molecule has 1 aromatic carbocycles. The number of ether oxygens (including phenoxy) is 1. The second-order valence-corrected chi connectivity index (χ2v) is 4.16. The number of hydrogen-bond acceptors (Lipinski definition) is 2. The van der Waals surface area contributed by atoms with Gasteiger partial charge in [0, 0.05) is 30.1 Å². The van der Waals surface area contributed by atoms with E-state index < -0.39 is 0 Å². The van der Waals surface area contributed by atoms with Gasteiger partial charge in [0.2, 0.25) is 0 Å². The van der Waals surface area contributed by atoms with Crippen LogP contribution in [0.4, 0.5) is 0 Å². The molecule has 0 aliphatic carbocycles. The van der Waals surface area contributed by atoms with E-state index in [0.717, 1.165) is 16.5 Å². The molecule has 0 unspecified atom stereocenters. The van der Waals surface area contributed by atoms with Crippen molar-refractivity contribution in [3.8, 4) is 0 Å². The van der Waals surface area contributed by atoms with E-state index in [1.165, 1.54) is 0 Å². The molecule has 0 saturated heterocycles. The summed E-state index contributed by atoms with van der Waals surface area (Å²) in [6.45, 7) is 0.659. The number of methoxy groups -OCH3 is 1. The standard InChI is InChI=1S/C11H12BrNO2/c1-15-11-9-5-3-2-4-8(9)10(14)13(11)7-6-12/h2-5,11H,6-7H2,1H3/t11-/m0/s1. The first-order valence-corrected chi connectivity index (χ1v) is 5.90. The molecular weight excluding hydrogens is 258 g/mol. The Hall–Kier alpha value is -0.870. The van der Waals surface area contributed by atoms with Crippen molar-refractivity contribution in [2.45, 2.75) is 6.23 Å². The Morgan fingerprint density at radius 2 is 2.20 bits per heavy atom. The molecule has 1 heterocycles. The van der Waals surface area contributed by atoms with Crippen LogP contribution < -0.4 is 0 Å². The van der Waals surface area contributed by atoms with Crippen LogP contribution in [0.5, 0.6) is 0 Å². The highest BCUT2D eigenvalue weighted by molar-refractivity contribution is 9.09. The van der Waals surface area contributed by atoms with Crippen LogP contribution in [0.2, 0.25) is 0 Å². The first-order valence-electron chi connectivity index (χ1n) is 4.78. The summed E-state index contributed by atoms with van der Waals surface area (Å²) in [5, 5.41) is 0.757. The summed E-state index contributed by atoms with van der Waals surface area (Å²) in [6, 6.07) is 7.59. The SMILES string of the molecule is CO[C@H]1c2ccccc2C(=O)N1CCBr. The Balaban J connectivity index is 2.39. The summed E-state index contributed by atoms with van der Waals surface area (Å²) < 4.78 is 5.36. The number of halogens is 1. The fourth-order valence-corrected chi connectivity index (χ4v) is 2.28. The number of rotatable bonds is 3. The Labute approximate surface area is 97.2 Å². The van der Waals surface area contributed by atoms with Crippen molar-refractivity contribution in [2.75, 3.05) is 19.0 Å². The Bertz CT molecular complexity index is 381. The highest BCUT2D eigenvalue weighted by atomic mass is 79.9. The largest absolute Gasteiger partial charge is 0.357 e. The lowest BCUT2D eigenvalue weighted by Crippen LogP contribution is -2.30. The fraction of sp³-hybridized carbons (Fsp3) is 0.364. The van der Waals surface area contributed by atoms with Crippen LogP contribution in [-0.2, 0) is 4.74 Å².